The molecule has 0 amide bonds. The molecule has 0 atom stereocenters. The molecule has 0 saturated carbocycles. The molecule has 0 bridgehead atoms. The molecule has 1 aromatic carbocycles. The average molecular weight is 136 g/mol. The second kappa shape index (κ2) is 2.65. The van der Waals surface area contributed by atoms with E-state index in [0.717, 1.165) is 5.56 Å². The van der Waals surface area contributed by atoms with Crippen molar-refractivity contribution in [1.82, 2.24) is 0 Å². The largest absolute Gasteiger partial charge is 0.207 e. The van der Waals surface area contributed by atoms with Crippen LogP contribution in [0.5, 0.6) is 0 Å². The summed E-state index contributed by atoms with van der Waals surface area (Å²) in [5.41, 5.74) is 1.69. The van der Waals surface area contributed by atoms with E-state index in [1.54, 1.807) is 12.1 Å². The van der Waals surface area contributed by atoms with E-state index in [1.807, 2.05) is 19.1 Å². The summed E-state index contributed by atoms with van der Waals surface area (Å²) >= 11 is 0. The Morgan fingerprint density at radius 2 is 1.80 bits per heavy atom. The Kier molecular flexibility index (Phi) is 1.86. The van der Waals surface area contributed by atoms with Gasteiger partial charge in [-0.25, -0.2) is 4.39 Å². The van der Waals surface area contributed by atoms with Gasteiger partial charge in [0.1, 0.15) is 5.83 Å². The Labute approximate surface area is 60.0 Å². The zero-order chi connectivity index (χ0) is 7.56. The van der Waals surface area contributed by atoms with Gasteiger partial charge in [0.15, 0.2) is 0 Å². The maximum atomic E-state index is 12.4. The molecule has 0 aliphatic rings. The van der Waals surface area contributed by atoms with Crippen LogP contribution in [0.3, 0.4) is 0 Å². The van der Waals surface area contributed by atoms with E-state index in [0.29, 0.717) is 5.56 Å². The predicted molar refractivity (Wildman–Crippen MR) is 41.3 cm³/mol. The molecular formula is C9H9F. The fourth-order valence-corrected chi connectivity index (χ4v) is 0.734. The molecule has 1 aromatic rings. The van der Waals surface area contributed by atoms with E-state index in [1.165, 1.54) is 0 Å². The van der Waals surface area contributed by atoms with E-state index in [-0.39, 0.29) is 5.83 Å². The van der Waals surface area contributed by atoms with Gasteiger partial charge < -0.3 is 0 Å². The minimum Gasteiger partial charge on any atom is -0.207 e. The summed E-state index contributed by atoms with van der Waals surface area (Å²) in [5, 5.41) is 0. The quantitative estimate of drug-likeness (QED) is 0.556. The van der Waals surface area contributed by atoms with Gasteiger partial charge in [0.25, 0.3) is 0 Å². The second-order valence-corrected chi connectivity index (χ2v) is 2.27. The molecule has 0 spiro atoms. The van der Waals surface area contributed by atoms with Crippen molar-refractivity contribution in [3.63, 3.8) is 0 Å². The molecular weight excluding hydrogens is 127 g/mol. The maximum Gasteiger partial charge on any atom is 0.123 e. The monoisotopic (exact) mass is 136 g/mol. The van der Waals surface area contributed by atoms with Crippen LogP contribution in [0, 0.1) is 6.92 Å². The van der Waals surface area contributed by atoms with E-state index < -0.39 is 0 Å². The molecule has 10 heavy (non-hydrogen) atoms. The minimum atomic E-state index is -0.375. The summed E-state index contributed by atoms with van der Waals surface area (Å²) in [4.78, 5) is 0. The highest BCUT2D eigenvalue weighted by atomic mass is 19.1. The zero-order valence-corrected chi connectivity index (χ0v) is 5.89. The Balaban J connectivity index is 3.00. The number of hydrogen-bond acceptors (Lipinski definition) is 0. The van der Waals surface area contributed by atoms with E-state index in [4.69, 9.17) is 0 Å². The number of hydrogen-bond donors (Lipinski definition) is 0. The number of aryl methyl sites for hydroxylation is 1. The highest BCUT2D eigenvalue weighted by molar-refractivity contribution is 5.56. The summed E-state index contributed by atoms with van der Waals surface area (Å²) < 4.78 is 12.4. The first-order valence-corrected chi connectivity index (χ1v) is 3.11. The molecule has 0 nitrogen and oxygen atoms in total. The summed E-state index contributed by atoms with van der Waals surface area (Å²) in [6.45, 7) is 5.15. The lowest BCUT2D eigenvalue weighted by Crippen LogP contribution is -1.75. The van der Waals surface area contributed by atoms with E-state index >= 15 is 0 Å². The smallest absolute Gasteiger partial charge is 0.123 e. The normalized spacial score (nSPS) is 9.40. The van der Waals surface area contributed by atoms with Gasteiger partial charge >= 0.3 is 0 Å². The van der Waals surface area contributed by atoms with Gasteiger partial charge in [0, 0.05) is 5.56 Å². The molecule has 1 rings (SSSR count). The molecule has 52 valence electrons. The van der Waals surface area contributed by atoms with Gasteiger partial charge in [-0.05, 0) is 6.92 Å². The van der Waals surface area contributed by atoms with Crippen molar-refractivity contribution in [2.45, 2.75) is 6.92 Å². The van der Waals surface area contributed by atoms with Gasteiger partial charge in [-0.15, -0.1) is 0 Å². The molecule has 1 heteroatoms. The third kappa shape index (κ3) is 1.44. The molecule has 0 aliphatic carbocycles. The Hall–Kier alpha value is -1.11. The number of rotatable bonds is 1. The van der Waals surface area contributed by atoms with Crippen molar-refractivity contribution in [3.8, 4) is 0 Å². The third-order valence-corrected chi connectivity index (χ3v) is 1.36. The molecule has 0 fully saturated rings. The third-order valence-electron chi connectivity index (χ3n) is 1.36. The van der Waals surface area contributed by atoms with E-state index in [2.05, 4.69) is 6.58 Å². The molecule has 0 N–H and O–H groups in total. The van der Waals surface area contributed by atoms with Crippen LogP contribution in [0.2, 0.25) is 0 Å². The standard InChI is InChI=1S/C9H9F/c1-7-3-5-9(6-4-7)8(2)10/h3-6H,2H2,1H3. The zero-order valence-electron chi connectivity index (χ0n) is 5.89. The fourth-order valence-electron chi connectivity index (χ4n) is 0.734. The van der Waals surface area contributed by atoms with Crippen LogP contribution in [0.4, 0.5) is 4.39 Å². The van der Waals surface area contributed by atoms with Crippen molar-refractivity contribution in [3.05, 3.63) is 42.0 Å². The second-order valence-electron chi connectivity index (χ2n) is 2.27. The van der Waals surface area contributed by atoms with Gasteiger partial charge in [-0.2, -0.15) is 0 Å². The van der Waals surface area contributed by atoms with Crippen molar-refractivity contribution in [1.29, 1.82) is 0 Å². The average Bonchev–Trinajstić information content (AvgIpc) is 1.88. The van der Waals surface area contributed by atoms with Gasteiger partial charge in [0.2, 0.25) is 0 Å². The number of benzene rings is 1. The summed E-state index contributed by atoms with van der Waals surface area (Å²) in [5.74, 6) is -0.375. The van der Waals surface area contributed by atoms with Crippen molar-refractivity contribution >= 4 is 5.83 Å². The molecule has 0 saturated heterocycles. The molecule has 0 aromatic heterocycles. The van der Waals surface area contributed by atoms with Gasteiger partial charge in [-0.3, -0.25) is 0 Å². The topological polar surface area (TPSA) is 0 Å². The SMILES string of the molecule is C=C(F)c1ccc(C)cc1. The van der Waals surface area contributed by atoms with Crippen molar-refractivity contribution in [2.24, 2.45) is 0 Å². The minimum absolute atomic E-state index is 0.375. The van der Waals surface area contributed by atoms with Crippen LogP contribution >= 0.6 is 0 Å². The van der Waals surface area contributed by atoms with Crippen LogP contribution in [0.15, 0.2) is 30.8 Å². The highest BCUT2D eigenvalue weighted by Crippen LogP contribution is 2.13. The fraction of sp³-hybridized carbons (Fsp3) is 0.111. The Morgan fingerprint density at radius 1 is 1.30 bits per heavy atom. The van der Waals surface area contributed by atoms with Crippen LogP contribution in [0.1, 0.15) is 11.1 Å². The highest BCUT2D eigenvalue weighted by Gasteiger charge is 1.93. The van der Waals surface area contributed by atoms with Crippen LogP contribution < -0.4 is 0 Å². The van der Waals surface area contributed by atoms with Crippen LogP contribution in [0.25, 0.3) is 5.83 Å². The summed E-state index contributed by atoms with van der Waals surface area (Å²) in [6.07, 6.45) is 0. The molecule has 0 radical (unpaired) electrons. The van der Waals surface area contributed by atoms with Crippen LogP contribution in [-0.2, 0) is 0 Å². The van der Waals surface area contributed by atoms with Gasteiger partial charge in [-0.1, -0.05) is 36.4 Å². The lowest BCUT2D eigenvalue weighted by atomic mass is 10.1. The summed E-state index contributed by atoms with van der Waals surface area (Å²) in [7, 11) is 0. The van der Waals surface area contributed by atoms with Crippen molar-refractivity contribution < 1.29 is 4.39 Å². The predicted octanol–water partition coefficient (Wildman–Crippen LogP) is 2.94. The molecule has 0 aliphatic heterocycles. The van der Waals surface area contributed by atoms with Gasteiger partial charge in [0.05, 0.1) is 0 Å². The number of halogens is 1. The summed E-state index contributed by atoms with van der Waals surface area (Å²) in [6, 6.07) is 7.16. The molecule has 0 unspecified atom stereocenters. The Bertz CT molecular complexity index is 233. The maximum absolute atomic E-state index is 12.4. The first-order valence-electron chi connectivity index (χ1n) is 3.11. The van der Waals surface area contributed by atoms with Crippen molar-refractivity contribution in [2.75, 3.05) is 0 Å². The lowest BCUT2D eigenvalue weighted by Gasteiger charge is -1.95. The van der Waals surface area contributed by atoms with E-state index in [9.17, 15) is 4.39 Å². The first-order chi connectivity index (χ1) is 4.70. The molecule has 0 heterocycles. The Morgan fingerprint density at radius 3 is 2.20 bits per heavy atom. The van der Waals surface area contributed by atoms with Crippen LogP contribution in [-0.4, -0.2) is 0 Å². The lowest BCUT2D eigenvalue weighted by molar-refractivity contribution is 0.763. The first kappa shape index (κ1) is 7.00.